The highest BCUT2D eigenvalue weighted by Crippen LogP contribution is 2.42. The van der Waals surface area contributed by atoms with E-state index in [-0.39, 0.29) is 18.1 Å². The maximum Gasteiger partial charge on any atom is 0.211 e. The summed E-state index contributed by atoms with van der Waals surface area (Å²) in [6, 6.07) is 14.3. The van der Waals surface area contributed by atoms with Crippen LogP contribution in [0.25, 0.3) is 0 Å². The van der Waals surface area contributed by atoms with E-state index in [0.29, 0.717) is 29.7 Å². The van der Waals surface area contributed by atoms with E-state index in [4.69, 9.17) is 0 Å². The van der Waals surface area contributed by atoms with Crippen LogP contribution in [-0.2, 0) is 29.3 Å². The van der Waals surface area contributed by atoms with Gasteiger partial charge >= 0.3 is 0 Å². The molecular weight excluding hydrogens is 423 g/mol. The number of fused-ring (bicyclic) bond motifs is 1. The van der Waals surface area contributed by atoms with Crippen molar-refractivity contribution in [2.24, 2.45) is 11.8 Å². The van der Waals surface area contributed by atoms with Crippen LogP contribution < -0.4 is 4.72 Å². The molecule has 3 aliphatic rings. The molecule has 6 heteroatoms. The number of rotatable bonds is 10. The predicted molar refractivity (Wildman–Crippen MR) is 126 cm³/mol. The van der Waals surface area contributed by atoms with E-state index in [1.54, 1.807) is 6.07 Å². The largest absolute Gasteiger partial charge is 0.303 e. The number of benzene rings is 2. The molecule has 0 spiro atoms. The first-order valence-electron chi connectivity index (χ1n) is 12.0. The Hall–Kier alpha value is -1.76. The van der Waals surface area contributed by atoms with Gasteiger partial charge < -0.3 is 4.90 Å². The molecule has 1 saturated heterocycles. The maximum atomic E-state index is 14.9. The Morgan fingerprint density at radius 3 is 2.56 bits per heavy atom. The van der Waals surface area contributed by atoms with Crippen molar-refractivity contribution < 1.29 is 12.8 Å². The van der Waals surface area contributed by atoms with Crippen LogP contribution in [0.2, 0.25) is 0 Å². The number of sulfonamides is 1. The third-order valence-electron chi connectivity index (χ3n) is 7.37. The maximum absolute atomic E-state index is 14.9. The minimum Gasteiger partial charge on any atom is -0.303 e. The lowest BCUT2D eigenvalue weighted by molar-refractivity contribution is 0.145. The molecule has 2 aromatic carbocycles. The van der Waals surface area contributed by atoms with Gasteiger partial charge in [0.2, 0.25) is 10.0 Å². The van der Waals surface area contributed by atoms with E-state index in [9.17, 15) is 12.8 Å². The number of hydrogen-bond acceptors (Lipinski definition) is 3. The minimum absolute atomic E-state index is 0.201. The number of nitrogens with one attached hydrogen (secondary N) is 1. The fourth-order valence-corrected chi connectivity index (χ4v) is 6.78. The Kier molecular flexibility index (Phi) is 6.37. The second-order valence-electron chi connectivity index (χ2n) is 9.93. The zero-order valence-electron chi connectivity index (χ0n) is 18.6. The topological polar surface area (TPSA) is 49.4 Å². The zero-order chi connectivity index (χ0) is 22.1. The Labute approximate surface area is 191 Å². The van der Waals surface area contributed by atoms with Gasteiger partial charge in [0.25, 0.3) is 0 Å². The van der Waals surface area contributed by atoms with Crippen LogP contribution >= 0.6 is 0 Å². The van der Waals surface area contributed by atoms with Gasteiger partial charge in [-0.3, -0.25) is 0 Å². The summed E-state index contributed by atoms with van der Waals surface area (Å²) in [7, 11) is -3.26. The highest BCUT2D eigenvalue weighted by Gasteiger charge is 2.35. The van der Waals surface area contributed by atoms with Crippen molar-refractivity contribution in [2.45, 2.75) is 44.4 Å². The summed E-state index contributed by atoms with van der Waals surface area (Å²) < 4.78 is 41.9. The van der Waals surface area contributed by atoms with Crippen LogP contribution in [0.4, 0.5) is 4.39 Å². The van der Waals surface area contributed by atoms with Crippen LogP contribution in [0.5, 0.6) is 0 Å². The number of hydrogen-bond donors (Lipinski definition) is 1. The fourth-order valence-electron chi connectivity index (χ4n) is 5.30. The van der Waals surface area contributed by atoms with E-state index in [1.807, 2.05) is 12.1 Å². The van der Waals surface area contributed by atoms with Crippen LogP contribution in [0.15, 0.2) is 42.5 Å². The van der Waals surface area contributed by atoms with Gasteiger partial charge in [0.1, 0.15) is 5.82 Å². The molecule has 1 saturated carbocycles. The molecule has 0 amide bonds. The van der Waals surface area contributed by atoms with Crippen molar-refractivity contribution in [3.8, 4) is 0 Å². The third-order valence-corrected chi connectivity index (χ3v) is 8.92. The lowest BCUT2D eigenvalue weighted by Crippen LogP contribution is -2.41. The van der Waals surface area contributed by atoms with Crippen molar-refractivity contribution in [1.29, 1.82) is 0 Å². The molecule has 0 radical (unpaired) electrons. The minimum atomic E-state index is -3.26. The molecule has 5 rings (SSSR count). The van der Waals surface area contributed by atoms with Gasteiger partial charge in [-0.1, -0.05) is 36.4 Å². The van der Waals surface area contributed by atoms with E-state index in [2.05, 4.69) is 33.9 Å². The normalized spacial score (nSPS) is 23.2. The third kappa shape index (κ3) is 5.24. The van der Waals surface area contributed by atoms with Gasteiger partial charge in [0.05, 0.1) is 5.75 Å². The van der Waals surface area contributed by atoms with Crippen LogP contribution in [0.1, 0.15) is 47.4 Å². The van der Waals surface area contributed by atoms with Gasteiger partial charge in [-0.05, 0) is 97.7 Å². The molecular formula is C26H33FN2O2S. The highest BCUT2D eigenvalue weighted by molar-refractivity contribution is 7.89. The first kappa shape index (κ1) is 22.1. The summed E-state index contributed by atoms with van der Waals surface area (Å²) in [4.78, 5) is 2.51. The molecule has 2 atom stereocenters. The quantitative estimate of drug-likeness (QED) is 0.590. The van der Waals surface area contributed by atoms with Crippen molar-refractivity contribution in [2.75, 3.05) is 31.9 Å². The summed E-state index contributed by atoms with van der Waals surface area (Å²) >= 11 is 0. The molecule has 4 nitrogen and oxygen atoms in total. The Bertz CT molecular complexity index is 1050. The van der Waals surface area contributed by atoms with Gasteiger partial charge in [-0.15, -0.1) is 0 Å². The van der Waals surface area contributed by atoms with E-state index >= 15 is 0 Å². The lowest BCUT2D eigenvalue weighted by Gasteiger charge is -2.35. The SMILES string of the molecule is O=S(=O)(CC1CC1)NCCc1cc2c(cc1F)CC(CN1CCC1)C2Cc1ccccc1. The summed E-state index contributed by atoms with van der Waals surface area (Å²) in [6.45, 7) is 3.67. The standard InChI is InChI=1S/C26H33FN2O2S/c27-26-16-22-14-23(17-29-11-4-12-29)24(13-19-5-2-1-3-6-19)25(22)15-21(26)9-10-28-32(30,31)18-20-7-8-20/h1-3,5-6,15-16,20,23-24,28H,4,7-14,17-18H2. The molecule has 0 bridgehead atoms. The van der Waals surface area contributed by atoms with Crippen molar-refractivity contribution >= 4 is 10.0 Å². The highest BCUT2D eigenvalue weighted by atomic mass is 32.2. The van der Waals surface area contributed by atoms with Crippen molar-refractivity contribution in [1.82, 2.24) is 9.62 Å². The molecule has 2 fully saturated rings. The fraction of sp³-hybridized carbons (Fsp3) is 0.538. The molecule has 1 aliphatic heterocycles. The number of nitrogens with zero attached hydrogens (tertiary/aromatic N) is 1. The van der Waals surface area contributed by atoms with Gasteiger partial charge in [-0.25, -0.2) is 17.5 Å². The summed E-state index contributed by atoms with van der Waals surface area (Å²) in [5.41, 5.74) is 4.34. The average Bonchev–Trinajstić information content (AvgIpc) is 3.47. The second-order valence-corrected chi connectivity index (χ2v) is 11.8. The first-order valence-corrected chi connectivity index (χ1v) is 13.7. The molecule has 1 N–H and O–H groups in total. The van der Waals surface area contributed by atoms with Crippen LogP contribution in [0, 0.1) is 17.7 Å². The van der Waals surface area contributed by atoms with E-state index < -0.39 is 10.0 Å². The smallest absolute Gasteiger partial charge is 0.211 e. The molecule has 172 valence electrons. The number of halogens is 1. The molecule has 1 heterocycles. The summed E-state index contributed by atoms with van der Waals surface area (Å²) in [6.07, 6.45) is 5.56. The monoisotopic (exact) mass is 456 g/mol. The average molecular weight is 457 g/mol. The summed E-state index contributed by atoms with van der Waals surface area (Å²) in [5, 5.41) is 0. The van der Waals surface area contributed by atoms with Gasteiger partial charge in [-0.2, -0.15) is 0 Å². The Balaban J connectivity index is 1.32. The van der Waals surface area contributed by atoms with Crippen LogP contribution in [-0.4, -0.2) is 45.2 Å². The van der Waals surface area contributed by atoms with Crippen molar-refractivity contribution in [3.63, 3.8) is 0 Å². The molecule has 2 unspecified atom stereocenters. The molecule has 2 aliphatic carbocycles. The summed E-state index contributed by atoms with van der Waals surface area (Å²) in [5.74, 6) is 1.19. The zero-order valence-corrected chi connectivity index (χ0v) is 19.4. The lowest BCUT2D eigenvalue weighted by atomic mass is 9.85. The first-order chi connectivity index (χ1) is 15.5. The van der Waals surface area contributed by atoms with E-state index in [0.717, 1.165) is 37.8 Å². The Morgan fingerprint density at radius 2 is 1.88 bits per heavy atom. The predicted octanol–water partition coefficient (Wildman–Crippen LogP) is 3.90. The van der Waals surface area contributed by atoms with Gasteiger partial charge in [0.15, 0.2) is 0 Å². The van der Waals surface area contributed by atoms with Gasteiger partial charge in [0, 0.05) is 13.1 Å². The second kappa shape index (κ2) is 9.24. The molecule has 0 aromatic heterocycles. The molecule has 2 aromatic rings. The Morgan fingerprint density at radius 1 is 1.09 bits per heavy atom. The van der Waals surface area contributed by atoms with Crippen molar-refractivity contribution in [3.05, 3.63) is 70.5 Å². The van der Waals surface area contributed by atoms with E-state index in [1.165, 1.54) is 30.6 Å². The number of likely N-dealkylation sites (tertiary alicyclic amines) is 1. The molecule has 32 heavy (non-hydrogen) atoms. The van der Waals surface area contributed by atoms with Crippen LogP contribution in [0.3, 0.4) is 0 Å².